The molecule has 0 bridgehead atoms. The molecule has 2 aromatic rings. The van der Waals surface area contributed by atoms with Crippen LogP contribution in [0.1, 0.15) is 58.2 Å². The van der Waals surface area contributed by atoms with Crippen LogP contribution in [0.2, 0.25) is 0 Å². The highest BCUT2D eigenvalue weighted by molar-refractivity contribution is 7.92. The number of hydrogen-bond acceptors (Lipinski definition) is 4. The highest BCUT2D eigenvalue weighted by Gasteiger charge is 2.50. The molecule has 2 aliphatic carbocycles. The van der Waals surface area contributed by atoms with E-state index in [1.807, 2.05) is 6.07 Å². The first kappa shape index (κ1) is 21.7. The van der Waals surface area contributed by atoms with Gasteiger partial charge in [-0.2, -0.15) is 18.4 Å². The fourth-order valence-corrected chi connectivity index (χ4v) is 5.75. The summed E-state index contributed by atoms with van der Waals surface area (Å²) >= 11 is 0. The van der Waals surface area contributed by atoms with Crippen LogP contribution in [0.25, 0.3) is 0 Å². The third-order valence-electron chi connectivity index (χ3n) is 6.00. The first-order valence-electron chi connectivity index (χ1n) is 9.49. The van der Waals surface area contributed by atoms with Crippen LogP contribution in [-0.4, -0.2) is 25.2 Å². The van der Waals surface area contributed by atoms with Crippen molar-refractivity contribution in [2.75, 3.05) is 0 Å². The van der Waals surface area contributed by atoms with Crippen molar-refractivity contribution in [3.63, 3.8) is 0 Å². The number of aliphatic hydroxyl groups is 1. The Morgan fingerprint density at radius 1 is 1.16 bits per heavy atom. The van der Waals surface area contributed by atoms with E-state index in [2.05, 4.69) is 0 Å². The largest absolute Gasteiger partial charge is 0.501 e. The van der Waals surface area contributed by atoms with Gasteiger partial charge >= 0.3 is 5.51 Å². The minimum Gasteiger partial charge on any atom is -0.385 e. The van der Waals surface area contributed by atoms with Crippen molar-refractivity contribution in [3.05, 3.63) is 63.5 Å². The van der Waals surface area contributed by atoms with Gasteiger partial charge in [0.2, 0.25) is 0 Å². The van der Waals surface area contributed by atoms with Gasteiger partial charge in [0.15, 0.2) is 0 Å². The maximum absolute atomic E-state index is 14.4. The zero-order chi connectivity index (χ0) is 22.7. The van der Waals surface area contributed by atoms with Gasteiger partial charge < -0.3 is 5.11 Å². The van der Waals surface area contributed by atoms with Gasteiger partial charge in [0.25, 0.3) is 9.84 Å². The minimum atomic E-state index is -5.81. The number of hydrogen-bond donors (Lipinski definition) is 1. The second-order valence-electron chi connectivity index (χ2n) is 7.74. The molecule has 1 N–H and O–H groups in total. The molecule has 0 saturated carbocycles. The summed E-state index contributed by atoms with van der Waals surface area (Å²) in [6.07, 6.45) is -2.90. The smallest absolute Gasteiger partial charge is 0.385 e. The van der Waals surface area contributed by atoms with Crippen molar-refractivity contribution in [1.29, 1.82) is 5.26 Å². The van der Waals surface area contributed by atoms with Crippen LogP contribution in [0.5, 0.6) is 0 Å². The number of rotatable bonds is 2. The fraction of sp³-hybridized carbons (Fsp3) is 0.381. The number of aryl methyl sites for hydroxylation is 1. The average Bonchev–Trinajstić information content (AvgIpc) is 2.99. The monoisotopic (exact) mass is 457 g/mol. The highest BCUT2D eigenvalue weighted by Crippen LogP contribution is 2.48. The van der Waals surface area contributed by atoms with Gasteiger partial charge in [-0.3, -0.25) is 0 Å². The molecule has 4 nitrogen and oxygen atoms in total. The molecule has 10 heteroatoms. The molecule has 31 heavy (non-hydrogen) atoms. The lowest BCUT2D eigenvalue weighted by molar-refractivity contribution is -0.0437. The van der Waals surface area contributed by atoms with E-state index in [0.29, 0.717) is 36.0 Å². The molecular formula is C21H16F5NO3S. The summed E-state index contributed by atoms with van der Waals surface area (Å²) in [7, 11) is -5.81. The van der Waals surface area contributed by atoms with Crippen molar-refractivity contribution < 1.29 is 35.5 Å². The van der Waals surface area contributed by atoms with Crippen molar-refractivity contribution in [1.82, 2.24) is 0 Å². The Morgan fingerprint density at radius 2 is 1.87 bits per heavy atom. The molecule has 0 unspecified atom stereocenters. The molecule has 2 aliphatic rings. The van der Waals surface area contributed by atoms with Crippen LogP contribution in [0.15, 0.2) is 29.2 Å². The van der Waals surface area contributed by atoms with E-state index in [4.69, 9.17) is 0 Å². The maximum Gasteiger partial charge on any atom is 0.501 e. The standard InChI is InChI=1S/C21H16F5NO3S/c22-12-6-10-2-1-3-14(18(10)11(7-12)9-27)13-4-5-17(31(29,30)21(24,25)26)19-15(13)8-16(23)20(19)28/h4-7,14,16,20,28H,1-3,8H2/t14-,16+,20+/m0/s1. The number of halogens is 5. The predicted molar refractivity (Wildman–Crippen MR) is 99.1 cm³/mol. The molecule has 0 fully saturated rings. The second kappa shape index (κ2) is 7.28. The van der Waals surface area contributed by atoms with Crippen LogP contribution in [0.3, 0.4) is 0 Å². The van der Waals surface area contributed by atoms with Gasteiger partial charge in [-0.15, -0.1) is 0 Å². The Kier molecular flexibility index (Phi) is 5.10. The molecule has 0 aromatic heterocycles. The van der Waals surface area contributed by atoms with Crippen LogP contribution >= 0.6 is 0 Å². The predicted octanol–water partition coefficient (Wildman–Crippen LogP) is 4.39. The molecule has 3 atom stereocenters. The van der Waals surface area contributed by atoms with E-state index >= 15 is 0 Å². The number of sulfone groups is 1. The van der Waals surface area contributed by atoms with Gasteiger partial charge in [0.05, 0.1) is 16.5 Å². The lowest BCUT2D eigenvalue weighted by Gasteiger charge is -2.29. The Morgan fingerprint density at radius 3 is 2.52 bits per heavy atom. The Labute approximate surface area is 174 Å². The summed E-state index contributed by atoms with van der Waals surface area (Å²) in [5, 5.41) is 19.7. The third kappa shape index (κ3) is 3.31. The Hall–Kier alpha value is -2.51. The van der Waals surface area contributed by atoms with E-state index in [9.17, 15) is 40.7 Å². The minimum absolute atomic E-state index is 0.00334. The molecule has 0 saturated heterocycles. The van der Waals surface area contributed by atoms with Crippen LogP contribution < -0.4 is 0 Å². The molecule has 4 rings (SSSR count). The average molecular weight is 457 g/mol. The summed E-state index contributed by atoms with van der Waals surface area (Å²) in [6.45, 7) is 0. The molecule has 0 radical (unpaired) electrons. The van der Waals surface area contributed by atoms with E-state index in [1.54, 1.807) is 0 Å². The zero-order valence-corrected chi connectivity index (χ0v) is 16.7. The van der Waals surface area contributed by atoms with E-state index < -0.39 is 56.2 Å². The molecular weight excluding hydrogens is 441 g/mol. The SMILES string of the molecule is N#Cc1cc(F)cc2c1[C@H](c1ccc(S(=O)(=O)C(F)(F)F)c3c1C[C@@H](F)[C@H]3O)CCC2. The topological polar surface area (TPSA) is 78.2 Å². The maximum atomic E-state index is 14.4. The summed E-state index contributed by atoms with van der Waals surface area (Å²) in [4.78, 5) is -1.16. The normalized spacial score (nSPS) is 23.2. The fourth-order valence-electron chi connectivity index (χ4n) is 4.72. The van der Waals surface area contributed by atoms with E-state index in [0.717, 1.165) is 12.1 Å². The second-order valence-corrected chi connectivity index (χ2v) is 9.65. The molecule has 0 amide bonds. The highest BCUT2D eigenvalue weighted by atomic mass is 32.2. The number of aliphatic hydroxyl groups excluding tert-OH is 1. The van der Waals surface area contributed by atoms with E-state index in [-0.39, 0.29) is 11.1 Å². The summed E-state index contributed by atoms with van der Waals surface area (Å²) in [5.41, 5.74) is -4.72. The summed E-state index contributed by atoms with van der Waals surface area (Å²) < 4.78 is 91.9. The number of fused-ring (bicyclic) bond motifs is 2. The number of nitrogens with zero attached hydrogens (tertiary/aromatic N) is 1. The van der Waals surface area contributed by atoms with Gasteiger partial charge in [0, 0.05) is 17.9 Å². The summed E-state index contributed by atoms with van der Waals surface area (Å²) in [6, 6.07) is 6.21. The molecule has 164 valence electrons. The van der Waals surface area contributed by atoms with Crippen LogP contribution in [0.4, 0.5) is 22.0 Å². The van der Waals surface area contributed by atoms with Gasteiger partial charge in [-0.25, -0.2) is 17.2 Å². The number of nitriles is 1. The third-order valence-corrected chi connectivity index (χ3v) is 7.54. The van der Waals surface area contributed by atoms with Crippen molar-refractivity contribution in [2.24, 2.45) is 0 Å². The first-order chi connectivity index (χ1) is 14.5. The summed E-state index contributed by atoms with van der Waals surface area (Å²) in [5.74, 6) is -1.15. The molecule has 0 heterocycles. The van der Waals surface area contributed by atoms with Crippen molar-refractivity contribution >= 4 is 9.84 Å². The molecule has 2 aromatic carbocycles. The number of benzene rings is 2. The van der Waals surface area contributed by atoms with Crippen LogP contribution in [0, 0.1) is 17.1 Å². The Bertz CT molecular complexity index is 1220. The lowest BCUT2D eigenvalue weighted by atomic mass is 9.75. The zero-order valence-electron chi connectivity index (χ0n) is 15.9. The quantitative estimate of drug-likeness (QED) is 0.679. The van der Waals surface area contributed by atoms with Crippen molar-refractivity contribution in [2.45, 2.75) is 54.3 Å². The Balaban J connectivity index is 1.97. The van der Waals surface area contributed by atoms with Gasteiger partial charge in [0.1, 0.15) is 18.1 Å². The first-order valence-corrected chi connectivity index (χ1v) is 11.0. The lowest BCUT2D eigenvalue weighted by Crippen LogP contribution is -2.25. The van der Waals surface area contributed by atoms with Gasteiger partial charge in [-0.1, -0.05) is 6.07 Å². The molecule has 0 spiro atoms. The van der Waals surface area contributed by atoms with Gasteiger partial charge in [-0.05, 0) is 59.7 Å². The molecule has 0 aliphatic heterocycles. The number of alkyl halides is 4. The van der Waals surface area contributed by atoms with Crippen LogP contribution in [-0.2, 0) is 22.7 Å². The van der Waals surface area contributed by atoms with Crippen molar-refractivity contribution in [3.8, 4) is 6.07 Å². The van der Waals surface area contributed by atoms with E-state index in [1.165, 1.54) is 12.1 Å².